The fourth-order valence-electron chi connectivity index (χ4n) is 5.26. The number of amides is 1. The molecule has 1 aliphatic carbocycles. The molecule has 0 unspecified atom stereocenters. The molecular formula is C32H40N6O3. The van der Waals surface area contributed by atoms with Crippen LogP contribution in [0.2, 0.25) is 0 Å². The fraction of sp³-hybridized carbons (Fsp3) is 0.375. The van der Waals surface area contributed by atoms with Crippen molar-refractivity contribution in [3.63, 3.8) is 0 Å². The van der Waals surface area contributed by atoms with Gasteiger partial charge in [-0.15, -0.1) is 0 Å². The Morgan fingerprint density at radius 1 is 1.00 bits per heavy atom. The Hall–Kier alpha value is -4.24. The predicted octanol–water partition coefficient (Wildman–Crippen LogP) is 6.17. The largest absolute Gasteiger partial charge is 0.494 e. The lowest BCUT2D eigenvalue weighted by Gasteiger charge is -2.34. The average molecular weight is 557 g/mol. The Bertz CT molecular complexity index is 1380. The Balaban J connectivity index is 1.40. The Morgan fingerprint density at radius 2 is 1.76 bits per heavy atom. The van der Waals surface area contributed by atoms with Crippen LogP contribution < -0.4 is 30.3 Å². The quantitative estimate of drug-likeness (QED) is 0.256. The van der Waals surface area contributed by atoms with Crippen molar-refractivity contribution in [1.82, 2.24) is 9.88 Å². The molecule has 2 aliphatic rings. The number of rotatable bonds is 10. The lowest BCUT2D eigenvalue weighted by atomic mass is 10.2. The Labute approximate surface area is 242 Å². The highest BCUT2D eigenvalue weighted by atomic mass is 16.5. The molecule has 0 bridgehead atoms. The van der Waals surface area contributed by atoms with E-state index in [1.807, 2.05) is 37.3 Å². The number of carbonyl (C=O) groups is 1. The SMILES string of the molecule is C=CC(=O)Nc1cc(Oc2nc(Nc3ccc(N4CCN(C)CC4)cc3OC)ccc2NC2CCCC2)ccc1C. The zero-order chi connectivity index (χ0) is 28.8. The number of nitrogens with one attached hydrogen (secondary N) is 3. The summed E-state index contributed by atoms with van der Waals surface area (Å²) in [5.74, 6) is 2.14. The number of methoxy groups -OCH3 is 1. The predicted molar refractivity (Wildman–Crippen MR) is 166 cm³/mol. The van der Waals surface area contributed by atoms with Gasteiger partial charge in [-0.3, -0.25) is 4.79 Å². The van der Waals surface area contributed by atoms with Gasteiger partial charge in [0.25, 0.3) is 0 Å². The van der Waals surface area contributed by atoms with Crippen LogP contribution >= 0.6 is 0 Å². The molecular weight excluding hydrogens is 516 g/mol. The molecule has 216 valence electrons. The number of aryl methyl sites for hydroxylation is 1. The molecule has 9 heteroatoms. The maximum atomic E-state index is 11.9. The molecule has 3 aromatic rings. The summed E-state index contributed by atoms with van der Waals surface area (Å²) in [6, 6.07) is 16.2. The second-order valence-corrected chi connectivity index (χ2v) is 10.7. The number of piperazine rings is 1. The summed E-state index contributed by atoms with van der Waals surface area (Å²) in [5, 5.41) is 9.89. The van der Waals surface area contributed by atoms with E-state index < -0.39 is 0 Å². The number of anilines is 5. The molecule has 0 radical (unpaired) electrons. The van der Waals surface area contributed by atoms with Crippen molar-refractivity contribution in [3.8, 4) is 17.4 Å². The number of hydrogen-bond acceptors (Lipinski definition) is 8. The standard InChI is InChI=1S/C32H40N6O3/c1-5-31(39)35-28-21-25(12-10-22(28)2)41-32-27(33-23-8-6-7-9-23)14-15-30(36-32)34-26-13-11-24(20-29(26)40-4)38-18-16-37(3)17-19-38/h5,10-15,20-21,23,33H,1,6-9,16-19H2,2-4H3,(H,34,36)(H,35,39). The van der Waals surface area contributed by atoms with Gasteiger partial charge in [0.15, 0.2) is 0 Å². The minimum Gasteiger partial charge on any atom is -0.494 e. The number of benzene rings is 2. The molecule has 5 rings (SSSR count). The van der Waals surface area contributed by atoms with E-state index in [1.54, 1.807) is 13.2 Å². The number of ether oxygens (including phenoxy) is 2. The zero-order valence-corrected chi connectivity index (χ0v) is 24.2. The van der Waals surface area contributed by atoms with Gasteiger partial charge in [0.05, 0.1) is 18.5 Å². The van der Waals surface area contributed by atoms with Crippen LogP contribution in [0.4, 0.5) is 28.6 Å². The summed E-state index contributed by atoms with van der Waals surface area (Å²) >= 11 is 0. The van der Waals surface area contributed by atoms with Crippen molar-refractivity contribution >= 4 is 34.5 Å². The van der Waals surface area contributed by atoms with E-state index in [0.29, 0.717) is 29.2 Å². The molecule has 0 spiro atoms. The average Bonchev–Trinajstić information content (AvgIpc) is 3.50. The van der Waals surface area contributed by atoms with Crippen LogP contribution in [0.25, 0.3) is 0 Å². The summed E-state index contributed by atoms with van der Waals surface area (Å²) in [6.45, 7) is 9.53. The van der Waals surface area contributed by atoms with Crippen LogP contribution in [-0.4, -0.2) is 62.2 Å². The van der Waals surface area contributed by atoms with Crippen molar-refractivity contribution < 1.29 is 14.3 Å². The third-order valence-corrected chi connectivity index (χ3v) is 7.76. The minimum atomic E-state index is -0.272. The van der Waals surface area contributed by atoms with Gasteiger partial charge in [0.1, 0.15) is 17.3 Å². The first-order valence-corrected chi connectivity index (χ1v) is 14.3. The van der Waals surface area contributed by atoms with Crippen molar-refractivity contribution in [1.29, 1.82) is 0 Å². The molecule has 1 amide bonds. The molecule has 9 nitrogen and oxygen atoms in total. The van der Waals surface area contributed by atoms with E-state index in [-0.39, 0.29) is 5.91 Å². The molecule has 41 heavy (non-hydrogen) atoms. The van der Waals surface area contributed by atoms with Crippen LogP contribution in [0.5, 0.6) is 17.4 Å². The highest BCUT2D eigenvalue weighted by molar-refractivity contribution is 5.99. The second-order valence-electron chi connectivity index (χ2n) is 10.7. The van der Waals surface area contributed by atoms with Crippen LogP contribution in [0, 0.1) is 6.92 Å². The Kier molecular flexibility index (Phi) is 8.94. The number of hydrogen-bond donors (Lipinski definition) is 3. The smallest absolute Gasteiger partial charge is 0.247 e. The zero-order valence-electron chi connectivity index (χ0n) is 24.2. The molecule has 2 heterocycles. The van der Waals surface area contributed by atoms with E-state index in [4.69, 9.17) is 14.5 Å². The van der Waals surface area contributed by atoms with Gasteiger partial charge in [-0.25, -0.2) is 0 Å². The summed E-state index contributed by atoms with van der Waals surface area (Å²) in [5.41, 5.74) is 4.39. The molecule has 1 aromatic heterocycles. The summed E-state index contributed by atoms with van der Waals surface area (Å²) in [6.07, 6.45) is 5.93. The van der Waals surface area contributed by atoms with E-state index in [9.17, 15) is 4.79 Å². The van der Waals surface area contributed by atoms with Crippen LogP contribution in [0.3, 0.4) is 0 Å². The van der Waals surface area contributed by atoms with Gasteiger partial charge in [-0.2, -0.15) is 4.98 Å². The number of nitrogens with zero attached hydrogens (tertiary/aromatic N) is 3. The topological polar surface area (TPSA) is 91.0 Å². The molecule has 2 aromatic carbocycles. The summed E-state index contributed by atoms with van der Waals surface area (Å²) in [7, 11) is 3.84. The molecule has 2 fully saturated rings. The van der Waals surface area contributed by atoms with Crippen molar-refractivity contribution in [2.75, 3.05) is 61.2 Å². The molecule has 1 aliphatic heterocycles. The summed E-state index contributed by atoms with van der Waals surface area (Å²) in [4.78, 5) is 21.5. The van der Waals surface area contributed by atoms with E-state index in [1.165, 1.54) is 18.9 Å². The maximum Gasteiger partial charge on any atom is 0.247 e. The third-order valence-electron chi connectivity index (χ3n) is 7.76. The Morgan fingerprint density at radius 3 is 2.49 bits per heavy atom. The van der Waals surface area contributed by atoms with Crippen LogP contribution in [0.15, 0.2) is 61.2 Å². The van der Waals surface area contributed by atoms with Gasteiger partial charge in [-0.1, -0.05) is 25.5 Å². The van der Waals surface area contributed by atoms with Crippen LogP contribution in [0.1, 0.15) is 31.2 Å². The van der Waals surface area contributed by atoms with Gasteiger partial charge in [0, 0.05) is 55.7 Å². The maximum absolute atomic E-state index is 11.9. The molecule has 0 atom stereocenters. The lowest BCUT2D eigenvalue weighted by Crippen LogP contribution is -2.44. The number of likely N-dealkylation sites (N-methyl/N-ethyl adjacent to an activating group) is 1. The van der Waals surface area contributed by atoms with Crippen molar-refractivity contribution in [2.45, 2.75) is 38.6 Å². The second kappa shape index (κ2) is 13.0. The monoisotopic (exact) mass is 556 g/mol. The van der Waals surface area contributed by atoms with Gasteiger partial charge >= 0.3 is 0 Å². The summed E-state index contributed by atoms with van der Waals surface area (Å²) < 4.78 is 12.1. The van der Waals surface area contributed by atoms with Gasteiger partial charge in [0.2, 0.25) is 11.8 Å². The normalized spacial score (nSPS) is 15.8. The lowest BCUT2D eigenvalue weighted by molar-refractivity contribution is -0.111. The first-order valence-electron chi connectivity index (χ1n) is 14.3. The van der Waals surface area contributed by atoms with Crippen molar-refractivity contribution in [2.24, 2.45) is 0 Å². The minimum absolute atomic E-state index is 0.272. The number of pyridine rings is 1. The number of carbonyl (C=O) groups excluding carboxylic acids is 1. The first kappa shape index (κ1) is 28.3. The van der Waals surface area contributed by atoms with Gasteiger partial charge < -0.3 is 35.2 Å². The van der Waals surface area contributed by atoms with Crippen molar-refractivity contribution in [3.05, 3.63) is 66.7 Å². The fourth-order valence-corrected chi connectivity index (χ4v) is 5.26. The molecule has 1 saturated heterocycles. The van der Waals surface area contributed by atoms with E-state index in [2.05, 4.69) is 51.5 Å². The highest BCUT2D eigenvalue weighted by Crippen LogP contribution is 2.36. The van der Waals surface area contributed by atoms with E-state index >= 15 is 0 Å². The molecule has 1 saturated carbocycles. The third kappa shape index (κ3) is 7.10. The first-order chi connectivity index (χ1) is 19.9. The van der Waals surface area contributed by atoms with Gasteiger partial charge in [-0.05, 0) is 68.8 Å². The van der Waals surface area contributed by atoms with E-state index in [0.717, 1.165) is 67.4 Å². The number of aromatic nitrogens is 1. The highest BCUT2D eigenvalue weighted by Gasteiger charge is 2.20. The van der Waals surface area contributed by atoms with Crippen LogP contribution in [-0.2, 0) is 4.79 Å². The molecule has 3 N–H and O–H groups in total.